The summed E-state index contributed by atoms with van der Waals surface area (Å²) >= 11 is 0. The van der Waals surface area contributed by atoms with Crippen LogP contribution in [0.2, 0.25) is 0 Å². The predicted molar refractivity (Wildman–Crippen MR) is 148 cm³/mol. The van der Waals surface area contributed by atoms with Crippen molar-refractivity contribution in [2.45, 2.75) is 96.8 Å². The smallest absolute Gasteiger partial charge is 0.131 e. The van der Waals surface area contributed by atoms with Crippen molar-refractivity contribution in [1.29, 1.82) is 0 Å². The van der Waals surface area contributed by atoms with E-state index in [2.05, 4.69) is 18.2 Å². The summed E-state index contributed by atoms with van der Waals surface area (Å²) in [6, 6.07) is 12.3. The van der Waals surface area contributed by atoms with Crippen LogP contribution in [0.15, 0.2) is 36.4 Å². The summed E-state index contributed by atoms with van der Waals surface area (Å²) in [6.45, 7) is 5.95. The Morgan fingerprint density at radius 3 is 1.53 bits per heavy atom. The molecule has 2 aliphatic rings. The molecule has 0 atom stereocenters. The lowest BCUT2D eigenvalue weighted by Gasteiger charge is -2.25. The number of rotatable bonds is 4. The molecular weight excluding hydrogens is 444 g/mol. The fraction of sp³-hybridized carbons (Fsp3) is 0.455. The molecule has 0 saturated heterocycles. The van der Waals surface area contributed by atoms with Gasteiger partial charge in [0.05, 0.1) is 0 Å². The maximum atomic E-state index is 11.7. The fourth-order valence-corrected chi connectivity index (χ4v) is 6.65. The Balaban J connectivity index is 1.61. The molecule has 2 saturated carbocycles. The number of aryl methyl sites for hydroxylation is 3. The molecule has 5 rings (SSSR count). The minimum atomic E-state index is 0.273. The maximum Gasteiger partial charge on any atom is 0.131 e. The third-order valence-corrected chi connectivity index (χ3v) is 8.74. The lowest BCUT2D eigenvalue weighted by atomic mass is 9.80. The van der Waals surface area contributed by atoms with Gasteiger partial charge in [0, 0.05) is 11.1 Å². The minimum absolute atomic E-state index is 0.273. The van der Waals surface area contributed by atoms with Crippen molar-refractivity contribution in [1.82, 2.24) is 0 Å². The van der Waals surface area contributed by atoms with Crippen LogP contribution < -0.4 is 0 Å². The first kappa shape index (κ1) is 24.7. The van der Waals surface area contributed by atoms with Gasteiger partial charge in [0.2, 0.25) is 0 Å². The molecule has 3 nitrogen and oxygen atoms in total. The van der Waals surface area contributed by atoms with Gasteiger partial charge in [-0.05, 0) is 121 Å². The van der Waals surface area contributed by atoms with Gasteiger partial charge in [-0.2, -0.15) is 0 Å². The molecule has 0 heterocycles. The van der Waals surface area contributed by atoms with Crippen LogP contribution in [0.25, 0.3) is 22.3 Å². The molecule has 2 fully saturated rings. The summed E-state index contributed by atoms with van der Waals surface area (Å²) in [7, 11) is 0. The second-order valence-corrected chi connectivity index (χ2v) is 11.3. The van der Waals surface area contributed by atoms with Crippen LogP contribution in [0.5, 0.6) is 17.2 Å². The minimum Gasteiger partial charge on any atom is -0.507 e. The third-order valence-electron chi connectivity index (χ3n) is 8.74. The monoisotopic (exact) mass is 484 g/mol. The van der Waals surface area contributed by atoms with E-state index in [9.17, 15) is 15.3 Å². The number of hydrogen-bond donors (Lipinski definition) is 3. The summed E-state index contributed by atoms with van der Waals surface area (Å²) in [5.41, 5.74) is 8.31. The lowest BCUT2D eigenvalue weighted by molar-refractivity contribution is 0.412. The molecule has 0 radical (unpaired) electrons. The summed E-state index contributed by atoms with van der Waals surface area (Å²) in [5, 5.41) is 33.5. The number of aromatic hydroxyl groups is 3. The topological polar surface area (TPSA) is 60.7 Å². The van der Waals surface area contributed by atoms with Gasteiger partial charge in [-0.1, -0.05) is 50.7 Å². The van der Waals surface area contributed by atoms with Gasteiger partial charge in [0.1, 0.15) is 17.2 Å². The maximum absolute atomic E-state index is 11.7. The normalized spacial score (nSPS) is 17.4. The fourth-order valence-electron chi connectivity index (χ4n) is 6.65. The second-order valence-electron chi connectivity index (χ2n) is 11.3. The Labute approximate surface area is 215 Å². The number of phenols is 3. The van der Waals surface area contributed by atoms with Crippen molar-refractivity contribution in [3.8, 4) is 39.5 Å². The molecule has 0 amide bonds. The zero-order valence-electron chi connectivity index (χ0n) is 22.0. The van der Waals surface area contributed by atoms with Gasteiger partial charge < -0.3 is 15.3 Å². The zero-order chi connectivity index (χ0) is 25.4. The van der Waals surface area contributed by atoms with Crippen LogP contribution >= 0.6 is 0 Å². The molecule has 3 aromatic rings. The SMILES string of the molecule is Cc1cc(-c2ccc(C)c(-c3cc(C)c(O)c(C4CCCCC4)c3)c2O)cc(C2CCCCC2)c1O. The Hall–Kier alpha value is -2.94. The summed E-state index contributed by atoms with van der Waals surface area (Å²) in [6.07, 6.45) is 11.8. The standard InChI is InChI=1S/C33H40O3/c1-20-14-15-27(25-16-21(2)31(34)28(18-25)23-10-6-4-7-11-23)33(36)30(20)26-17-22(3)32(35)29(19-26)24-12-8-5-9-13-24/h14-19,23-24,34-36H,4-13H2,1-3H3. The third kappa shape index (κ3) is 4.61. The van der Waals surface area contributed by atoms with E-state index in [1.54, 1.807) is 0 Å². The molecular formula is C33H40O3. The molecule has 3 aromatic carbocycles. The molecule has 190 valence electrons. The zero-order valence-corrected chi connectivity index (χ0v) is 22.0. The molecule has 3 N–H and O–H groups in total. The van der Waals surface area contributed by atoms with Gasteiger partial charge in [-0.25, -0.2) is 0 Å². The van der Waals surface area contributed by atoms with Crippen molar-refractivity contribution in [2.75, 3.05) is 0 Å². The Morgan fingerprint density at radius 2 is 1.00 bits per heavy atom. The van der Waals surface area contributed by atoms with Crippen LogP contribution in [-0.4, -0.2) is 15.3 Å². The predicted octanol–water partition coefficient (Wildman–Crippen LogP) is 9.16. The van der Waals surface area contributed by atoms with E-state index in [4.69, 9.17) is 0 Å². The number of phenolic OH excluding ortho intramolecular Hbond substituents is 3. The van der Waals surface area contributed by atoms with E-state index in [-0.39, 0.29) is 5.75 Å². The highest BCUT2D eigenvalue weighted by molar-refractivity contribution is 5.85. The highest BCUT2D eigenvalue weighted by Crippen LogP contribution is 2.47. The number of benzene rings is 3. The molecule has 3 heteroatoms. The van der Waals surface area contributed by atoms with Crippen molar-refractivity contribution < 1.29 is 15.3 Å². The van der Waals surface area contributed by atoms with Crippen molar-refractivity contribution >= 4 is 0 Å². The van der Waals surface area contributed by atoms with Crippen LogP contribution in [0.1, 0.15) is 104 Å². The first-order chi connectivity index (χ1) is 17.3. The Morgan fingerprint density at radius 1 is 0.528 bits per heavy atom. The van der Waals surface area contributed by atoms with Gasteiger partial charge in [0.25, 0.3) is 0 Å². The van der Waals surface area contributed by atoms with E-state index in [1.807, 2.05) is 39.0 Å². The van der Waals surface area contributed by atoms with E-state index < -0.39 is 0 Å². The molecule has 2 aliphatic carbocycles. The quantitative estimate of drug-likeness (QED) is 0.346. The summed E-state index contributed by atoms with van der Waals surface area (Å²) in [5.74, 6) is 1.84. The molecule has 0 unspecified atom stereocenters. The molecule has 0 bridgehead atoms. The highest BCUT2D eigenvalue weighted by Gasteiger charge is 2.24. The van der Waals surface area contributed by atoms with Crippen LogP contribution in [-0.2, 0) is 0 Å². The van der Waals surface area contributed by atoms with E-state index in [0.717, 1.165) is 75.8 Å². The highest BCUT2D eigenvalue weighted by atomic mass is 16.3. The van der Waals surface area contributed by atoms with Gasteiger partial charge in [-0.15, -0.1) is 0 Å². The molecule has 36 heavy (non-hydrogen) atoms. The first-order valence-corrected chi connectivity index (χ1v) is 13.9. The first-order valence-electron chi connectivity index (χ1n) is 13.9. The lowest BCUT2D eigenvalue weighted by Crippen LogP contribution is -2.06. The Kier molecular flexibility index (Phi) is 7.01. The van der Waals surface area contributed by atoms with E-state index in [1.165, 1.54) is 38.5 Å². The largest absolute Gasteiger partial charge is 0.507 e. The summed E-state index contributed by atoms with van der Waals surface area (Å²) < 4.78 is 0. The molecule has 0 aromatic heterocycles. The van der Waals surface area contributed by atoms with E-state index in [0.29, 0.717) is 23.3 Å². The van der Waals surface area contributed by atoms with Crippen molar-refractivity contribution in [3.05, 3.63) is 64.2 Å². The van der Waals surface area contributed by atoms with Crippen LogP contribution in [0.3, 0.4) is 0 Å². The van der Waals surface area contributed by atoms with Crippen molar-refractivity contribution in [3.63, 3.8) is 0 Å². The van der Waals surface area contributed by atoms with Crippen LogP contribution in [0.4, 0.5) is 0 Å². The summed E-state index contributed by atoms with van der Waals surface area (Å²) in [4.78, 5) is 0. The second kappa shape index (κ2) is 10.2. The average molecular weight is 485 g/mol. The molecule has 0 aliphatic heterocycles. The Bertz CT molecular complexity index is 1260. The van der Waals surface area contributed by atoms with Gasteiger partial charge in [-0.3, -0.25) is 0 Å². The average Bonchev–Trinajstić information content (AvgIpc) is 2.89. The van der Waals surface area contributed by atoms with Crippen molar-refractivity contribution in [2.24, 2.45) is 0 Å². The number of hydrogen-bond acceptors (Lipinski definition) is 3. The molecule has 0 spiro atoms. The van der Waals surface area contributed by atoms with Crippen LogP contribution in [0, 0.1) is 20.8 Å². The van der Waals surface area contributed by atoms with Gasteiger partial charge in [0.15, 0.2) is 0 Å². The van der Waals surface area contributed by atoms with E-state index >= 15 is 0 Å². The van der Waals surface area contributed by atoms with Gasteiger partial charge >= 0.3 is 0 Å².